The van der Waals surface area contributed by atoms with Crippen molar-refractivity contribution in [2.24, 2.45) is 5.92 Å². The van der Waals surface area contributed by atoms with Crippen molar-refractivity contribution in [3.63, 3.8) is 0 Å². The molecular weight excluding hydrogens is 228 g/mol. The van der Waals surface area contributed by atoms with Crippen LogP contribution in [0, 0.1) is 26.7 Å². The number of hydrogen-bond acceptors (Lipinski definition) is 3. The number of amides is 1. The standard InChI is InChI=1S/C14H22N2O2/c1-9-10(2)18-11(3)13(9)14(17)16-8-12-4-6-15-7-5-12/h12,15H,4-8H2,1-3H3,(H,16,17). The molecule has 1 saturated heterocycles. The molecular formula is C14H22N2O2. The van der Waals surface area contributed by atoms with Crippen LogP contribution >= 0.6 is 0 Å². The zero-order valence-corrected chi connectivity index (χ0v) is 11.4. The molecule has 2 heterocycles. The molecule has 1 aromatic rings. The lowest BCUT2D eigenvalue weighted by atomic mass is 9.98. The van der Waals surface area contributed by atoms with Gasteiger partial charge in [-0.2, -0.15) is 0 Å². The normalized spacial score (nSPS) is 16.8. The summed E-state index contributed by atoms with van der Waals surface area (Å²) < 4.78 is 5.49. The van der Waals surface area contributed by atoms with Crippen LogP contribution in [0.15, 0.2) is 4.42 Å². The fraction of sp³-hybridized carbons (Fsp3) is 0.643. The quantitative estimate of drug-likeness (QED) is 0.862. The third kappa shape index (κ3) is 2.75. The second kappa shape index (κ2) is 5.57. The van der Waals surface area contributed by atoms with E-state index in [9.17, 15) is 4.79 Å². The zero-order chi connectivity index (χ0) is 13.1. The number of hydrogen-bond donors (Lipinski definition) is 2. The molecule has 1 amide bonds. The molecule has 1 aliphatic rings. The highest BCUT2D eigenvalue weighted by Gasteiger charge is 2.20. The largest absolute Gasteiger partial charge is 0.466 e. The smallest absolute Gasteiger partial charge is 0.255 e. The Kier molecular flexibility index (Phi) is 4.07. The van der Waals surface area contributed by atoms with E-state index in [4.69, 9.17) is 4.42 Å². The van der Waals surface area contributed by atoms with Crippen LogP contribution in [0.1, 0.15) is 40.3 Å². The predicted molar refractivity (Wildman–Crippen MR) is 70.8 cm³/mol. The Morgan fingerprint density at radius 2 is 1.94 bits per heavy atom. The molecule has 4 nitrogen and oxygen atoms in total. The molecule has 100 valence electrons. The number of nitrogens with one attached hydrogen (secondary N) is 2. The van der Waals surface area contributed by atoms with Crippen LogP contribution in [-0.4, -0.2) is 25.5 Å². The Hall–Kier alpha value is -1.29. The summed E-state index contributed by atoms with van der Waals surface area (Å²) in [5, 5.41) is 6.36. The molecule has 1 aliphatic heterocycles. The van der Waals surface area contributed by atoms with Crippen molar-refractivity contribution in [1.82, 2.24) is 10.6 Å². The summed E-state index contributed by atoms with van der Waals surface area (Å²) in [5.41, 5.74) is 1.66. The van der Waals surface area contributed by atoms with Crippen LogP contribution in [0.25, 0.3) is 0 Å². The van der Waals surface area contributed by atoms with Gasteiger partial charge in [-0.1, -0.05) is 0 Å². The fourth-order valence-electron chi connectivity index (χ4n) is 2.54. The second-order valence-corrected chi connectivity index (χ2v) is 5.12. The van der Waals surface area contributed by atoms with E-state index in [0.29, 0.717) is 17.2 Å². The summed E-state index contributed by atoms with van der Waals surface area (Å²) in [7, 11) is 0. The first kappa shape index (κ1) is 13.1. The fourth-order valence-corrected chi connectivity index (χ4v) is 2.54. The molecule has 0 spiro atoms. The highest BCUT2D eigenvalue weighted by Crippen LogP contribution is 2.20. The third-order valence-corrected chi connectivity index (χ3v) is 3.80. The molecule has 18 heavy (non-hydrogen) atoms. The van der Waals surface area contributed by atoms with Gasteiger partial charge in [0, 0.05) is 12.1 Å². The predicted octanol–water partition coefficient (Wildman–Crippen LogP) is 1.93. The van der Waals surface area contributed by atoms with E-state index in [1.54, 1.807) is 0 Å². The lowest BCUT2D eigenvalue weighted by molar-refractivity contribution is 0.0942. The first-order chi connectivity index (χ1) is 8.59. The minimum Gasteiger partial charge on any atom is -0.466 e. The zero-order valence-electron chi connectivity index (χ0n) is 11.4. The molecule has 0 aliphatic carbocycles. The van der Waals surface area contributed by atoms with Crippen LogP contribution < -0.4 is 10.6 Å². The van der Waals surface area contributed by atoms with Gasteiger partial charge in [0.2, 0.25) is 0 Å². The number of carbonyl (C=O) groups is 1. The Morgan fingerprint density at radius 3 is 2.50 bits per heavy atom. The Balaban J connectivity index is 1.95. The van der Waals surface area contributed by atoms with Gasteiger partial charge in [0.15, 0.2) is 0 Å². The van der Waals surface area contributed by atoms with Crippen molar-refractivity contribution in [2.45, 2.75) is 33.6 Å². The molecule has 1 aromatic heterocycles. The Bertz CT molecular complexity index is 431. The van der Waals surface area contributed by atoms with Gasteiger partial charge in [-0.3, -0.25) is 4.79 Å². The van der Waals surface area contributed by atoms with Gasteiger partial charge in [0.25, 0.3) is 5.91 Å². The first-order valence-corrected chi connectivity index (χ1v) is 6.65. The van der Waals surface area contributed by atoms with Gasteiger partial charge in [-0.25, -0.2) is 0 Å². The number of piperidine rings is 1. The van der Waals surface area contributed by atoms with Crippen molar-refractivity contribution >= 4 is 5.91 Å². The van der Waals surface area contributed by atoms with Crippen molar-refractivity contribution in [1.29, 1.82) is 0 Å². The molecule has 0 unspecified atom stereocenters. The molecule has 0 radical (unpaired) electrons. The highest BCUT2D eigenvalue weighted by atomic mass is 16.3. The van der Waals surface area contributed by atoms with Crippen LogP contribution in [0.3, 0.4) is 0 Å². The molecule has 2 rings (SSSR count). The average molecular weight is 250 g/mol. The molecule has 2 N–H and O–H groups in total. The number of furan rings is 1. The maximum absolute atomic E-state index is 12.2. The second-order valence-electron chi connectivity index (χ2n) is 5.12. The molecule has 1 fully saturated rings. The Morgan fingerprint density at radius 1 is 1.28 bits per heavy atom. The molecule has 0 saturated carbocycles. The van der Waals surface area contributed by atoms with Gasteiger partial charge < -0.3 is 15.1 Å². The van der Waals surface area contributed by atoms with Crippen molar-refractivity contribution in [3.05, 3.63) is 22.6 Å². The maximum atomic E-state index is 12.2. The van der Waals surface area contributed by atoms with E-state index in [1.165, 1.54) is 0 Å². The van der Waals surface area contributed by atoms with E-state index >= 15 is 0 Å². The summed E-state index contributed by atoms with van der Waals surface area (Å²) in [5.74, 6) is 2.15. The summed E-state index contributed by atoms with van der Waals surface area (Å²) in [6.45, 7) is 8.56. The number of carbonyl (C=O) groups excluding carboxylic acids is 1. The van der Waals surface area contributed by atoms with Gasteiger partial charge >= 0.3 is 0 Å². The summed E-state index contributed by atoms with van der Waals surface area (Å²) >= 11 is 0. The monoisotopic (exact) mass is 250 g/mol. The van der Waals surface area contributed by atoms with Crippen LogP contribution in [-0.2, 0) is 0 Å². The van der Waals surface area contributed by atoms with Gasteiger partial charge in [0.05, 0.1) is 5.56 Å². The van der Waals surface area contributed by atoms with E-state index in [2.05, 4.69) is 10.6 Å². The molecule has 0 atom stereocenters. The molecule has 4 heteroatoms. The van der Waals surface area contributed by atoms with Crippen LogP contribution in [0.4, 0.5) is 0 Å². The molecule has 0 aromatic carbocycles. The lowest BCUT2D eigenvalue weighted by Crippen LogP contribution is -2.36. The van der Waals surface area contributed by atoms with Gasteiger partial charge in [-0.15, -0.1) is 0 Å². The van der Waals surface area contributed by atoms with E-state index in [-0.39, 0.29) is 5.91 Å². The van der Waals surface area contributed by atoms with E-state index in [0.717, 1.165) is 43.8 Å². The van der Waals surface area contributed by atoms with Crippen LogP contribution in [0.5, 0.6) is 0 Å². The SMILES string of the molecule is Cc1oc(C)c(C(=O)NCC2CCNCC2)c1C. The topological polar surface area (TPSA) is 54.3 Å². The average Bonchev–Trinajstić information content (AvgIpc) is 2.62. The van der Waals surface area contributed by atoms with Gasteiger partial charge in [0.1, 0.15) is 11.5 Å². The van der Waals surface area contributed by atoms with Crippen molar-refractivity contribution in [2.75, 3.05) is 19.6 Å². The number of aryl methyl sites for hydroxylation is 2. The van der Waals surface area contributed by atoms with E-state index in [1.807, 2.05) is 20.8 Å². The summed E-state index contributed by atoms with van der Waals surface area (Å²) in [6.07, 6.45) is 2.28. The van der Waals surface area contributed by atoms with E-state index < -0.39 is 0 Å². The van der Waals surface area contributed by atoms with Gasteiger partial charge in [-0.05, 0) is 52.6 Å². The summed E-state index contributed by atoms with van der Waals surface area (Å²) in [6, 6.07) is 0. The van der Waals surface area contributed by atoms with Crippen LogP contribution in [0.2, 0.25) is 0 Å². The minimum absolute atomic E-state index is 0.000354. The lowest BCUT2D eigenvalue weighted by Gasteiger charge is -2.22. The summed E-state index contributed by atoms with van der Waals surface area (Å²) in [4.78, 5) is 12.2. The first-order valence-electron chi connectivity index (χ1n) is 6.65. The Labute approximate surface area is 108 Å². The third-order valence-electron chi connectivity index (χ3n) is 3.80. The number of rotatable bonds is 3. The molecule has 0 bridgehead atoms. The van der Waals surface area contributed by atoms with Crippen molar-refractivity contribution in [3.8, 4) is 0 Å². The van der Waals surface area contributed by atoms with Crippen molar-refractivity contribution < 1.29 is 9.21 Å². The highest BCUT2D eigenvalue weighted by molar-refractivity contribution is 5.96. The maximum Gasteiger partial charge on any atom is 0.255 e. The minimum atomic E-state index is 0.000354.